The summed E-state index contributed by atoms with van der Waals surface area (Å²) in [4.78, 5) is 34.4. The molecule has 0 radical (unpaired) electrons. The first-order chi connectivity index (χ1) is 15.2. The Bertz CT molecular complexity index is 1200. The Hall–Kier alpha value is -3.39. The smallest absolute Gasteiger partial charge is 0.256 e. The minimum Gasteiger partial charge on any atom is -0.378 e. The topological polar surface area (TPSA) is 86.3 Å². The number of benzene rings is 2. The van der Waals surface area contributed by atoms with E-state index in [0.29, 0.717) is 29.6 Å². The molecule has 4 rings (SSSR count). The minimum atomic E-state index is -1.73. The highest BCUT2D eigenvalue weighted by molar-refractivity contribution is 5.82. The molecular formula is C24H23F2N3O3. The van der Waals surface area contributed by atoms with Gasteiger partial charge in [0.2, 0.25) is 0 Å². The van der Waals surface area contributed by atoms with E-state index >= 15 is 0 Å². The molecule has 166 valence electrons. The van der Waals surface area contributed by atoms with Gasteiger partial charge in [0.1, 0.15) is 17.5 Å². The van der Waals surface area contributed by atoms with Gasteiger partial charge in [-0.15, -0.1) is 0 Å². The summed E-state index contributed by atoms with van der Waals surface area (Å²) in [6, 6.07) is 12.2. The summed E-state index contributed by atoms with van der Waals surface area (Å²) in [5.41, 5.74) is 0.891. The van der Waals surface area contributed by atoms with E-state index in [1.165, 1.54) is 4.90 Å². The van der Waals surface area contributed by atoms with Gasteiger partial charge in [-0.3, -0.25) is 9.59 Å². The van der Waals surface area contributed by atoms with E-state index in [-0.39, 0.29) is 24.2 Å². The van der Waals surface area contributed by atoms with Crippen molar-refractivity contribution in [3.63, 3.8) is 0 Å². The number of amides is 1. The Morgan fingerprint density at radius 3 is 2.47 bits per heavy atom. The second-order valence-electron chi connectivity index (χ2n) is 8.45. The number of aliphatic hydroxyl groups is 1. The fraction of sp³-hybridized carbons (Fsp3) is 0.292. The highest BCUT2D eigenvalue weighted by Crippen LogP contribution is 2.29. The van der Waals surface area contributed by atoms with Gasteiger partial charge in [-0.2, -0.15) is 0 Å². The van der Waals surface area contributed by atoms with E-state index in [0.717, 1.165) is 17.7 Å². The molecule has 1 amide bonds. The minimum absolute atomic E-state index is 0.0442. The lowest BCUT2D eigenvalue weighted by atomic mass is 9.83. The largest absolute Gasteiger partial charge is 0.378 e. The first kappa shape index (κ1) is 21.8. The molecule has 0 fully saturated rings. The van der Waals surface area contributed by atoms with Crippen molar-refractivity contribution in [3.05, 3.63) is 98.7 Å². The quantitative estimate of drug-likeness (QED) is 0.655. The fourth-order valence-electron chi connectivity index (χ4n) is 3.95. The van der Waals surface area contributed by atoms with Gasteiger partial charge in [-0.25, -0.2) is 13.8 Å². The van der Waals surface area contributed by atoms with Crippen LogP contribution in [-0.4, -0.2) is 32.4 Å². The van der Waals surface area contributed by atoms with Crippen molar-refractivity contribution >= 4 is 5.91 Å². The van der Waals surface area contributed by atoms with E-state index < -0.39 is 29.1 Å². The molecule has 32 heavy (non-hydrogen) atoms. The van der Waals surface area contributed by atoms with Gasteiger partial charge in [0, 0.05) is 24.4 Å². The van der Waals surface area contributed by atoms with Gasteiger partial charge < -0.3 is 15.0 Å². The predicted octanol–water partition coefficient (Wildman–Crippen LogP) is 2.99. The predicted molar refractivity (Wildman–Crippen MR) is 114 cm³/mol. The van der Waals surface area contributed by atoms with E-state index in [4.69, 9.17) is 0 Å². The third-order valence-electron chi connectivity index (χ3n) is 5.90. The summed E-state index contributed by atoms with van der Waals surface area (Å²) in [6.07, 6.45) is -1.40. The molecule has 0 saturated carbocycles. The highest BCUT2D eigenvalue weighted by atomic mass is 19.1. The Labute approximate surface area is 183 Å². The molecule has 8 heteroatoms. The number of carbonyl (C=O) groups is 1. The van der Waals surface area contributed by atoms with Crippen molar-refractivity contribution in [2.24, 2.45) is 0 Å². The van der Waals surface area contributed by atoms with Gasteiger partial charge in [0.05, 0.1) is 17.8 Å². The average molecular weight is 439 g/mol. The Morgan fingerprint density at radius 2 is 1.81 bits per heavy atom. The lowest BCUT2D eigenvalue weighted by Gasteiger charge is -2.31. The molecular weight excluding hydrogens is 416 g/mol. The van der Waals surface area contributed by atoms with E-state index in [9.17, 15) is 23.5 Å². The maximum absolute atomic E-state index is 13.5. The zero-order valence-electron chi connectivity index (χ0n) is 17.7. The maximum atomic E-state index is 13.5. The SMILES string of the molecule is CC(C)(c1ccccc1)c1nc2c(c(=O)[nH]1)CN(C(=O)C(O)c1cc(F)cc(F)c1)CC2. The Morgan fingerprint density at radius 1 is 1.16 bits per heavy atom. The molecule has 3 aromatic rings. The molecule has 1 aliphatic heterocycles. The van der Waals surface area contributed by atoms with E-state index in [1.807, 2.05) is 44.2 Å². The van der Waals surface area contributed by atoms with Crippen LogP contribution in [0.25, 0.3) is 0 Å². The Kier molecular flexibility index (Phi) is 5.64. The number of carbonyl (C=O) groups excluding carboxylic acids is 1. The number of halogens is 2. The summed E-state index contributed by atoms with van der Waals surface area (Å²) in [5, 5.41) is 10.4. The second-order valence-corrected chi connectivity index (χ2v) is 8.45. The van der Waals surface area contributed by atoms with Gasteiger partial charge in [0.15, 0.2) is 6.10 Å². The average Bonchev–Trinajstić information content (AvgIpc) is 2.77. The van der Waals surface area contributed by atoms with Crippen molar-refractivity contribution in [1.82, 2.24) is 14.9 Å². The van der Waals surface area contributed by atoms with E-state index in [2.05, 4.69) is 9.97 Å². The summed E-state index contributed by atoms with van der Waals surface area (Å²) in [6.45, 7) is 4.13. The zero-order valence-corrected chi connectivity index (χ0v) is 17.7. The number of hydrogen-bond acceptors (Lipinski definition) is 4. The molecule has 1 unspecified atom stereocenters. The van der Waals surface area contributed by atoms with Crippen LogP contribution in [0, 0.1) is 11.6 Å². The molecule has 1 aromatic heterocycles. The number of nitrogens with zero attached hydrogens (tertiary/aromatic N) is 2. The molecule has 0 bridgehead atoms. The standard InChI is InChI=1S/C24H23F2N3O3/c1-24(2,15-6-4-3-5-7-15)23-27-19-8-9-29(13-18(19)21(31)28-23)22(32)20(30)14-10-16(25)12-17(26)11-14/h3-7,10-12,20,30H,8-9,13H2,1-2H3,(H,27,28,31). The van der Waals surface area contributed by atoms with Crippen molar-refractivity contribution in [2.75, 3.05) is 6.54 Å². The number of aliphatic hydroxyl groups excluding tert-OH is 1. The summed E-state index contributed by atoms with van der Waals surface area (Å²) in [7, 11) is 0. The molecule has 6 nitrogen and oxygen atoms in total. The third-order valence-corrected chi connectivity index (χ3v) is 5.90. The number of hydrogen-bond donors (Lipinski definition) is 2. The zero-order chi connectivity index (χ0) is 23.0. The van der Waals surface area contributed by atoms with Crippen LogP contribution < -0.4 is 5.56 Å². The number of fused-ring (bicyclic) bond motifs is 1. The van der Waals surface area contributed by atoms with E-state index in [1.54, 1.807) is 0 Å². The molecule has 2 N–H and O–H groups in total. The monoisotopic (exact) mass is 439 g/mol. The maximum Gasteiger partial charge on any atom is 0.256 e. The van der Waals surface area contributed by atoms with Crippen LogP contribution in [0.5, 0.6) is 0 Å². The number of aromatic amines is 1. The van der Waals surface area contributed by atoms with Crippen molar-refractivity contribution in [1.29, 1.82) is 0 Å². The summed E-state index contributed by atoms with van der Waals surface area (Å²) < 4.78 is 26.9. The second kappa shape index (κ2) is 8.27. The van der Waals surface area contributed by atoms with Crippen LogP contribution in [0.3, 0.4) is 0 Å². The number of rotatable bonds is 4. The van der Waals surface area contributed by atoms with Gasteiger partial charge in [0.25, 0.3) is 11.5 Å². The van der Waals surface area contributed by atoms with Gasteiger partial charge in [-0.05, 0) is 37.1 Å². The molecule has 2 heterocycles. The highest BCUT2D eigenvalue weighted by Gasteiger charge is 2.32. The lowest BCUT2D eigenvalue weighted by Crippen LogP contribution is -2.42. The number of nitrogens with one attached hydrogen (secondary N) is 1. The molecule has 0 spiro atoms. The lowest BCUT2D eigenvalue weighted by molar-refractivity contribution is -0.141. The van der Waals surface area contributed by atoms with Gasteiger partial charge >= 0.3 is 0 Å². The van der Waals surface area contributed by atoms with Crippen molar-refractivity contribution in [3.8, 4) is 0 Å². The fourth-order valence-corrected chi connectivity index (χ4v) is 3.95. The van der Waals surface area contributed by atoms with Gasteiger partial charge in [-0.1, -0.05) is 30.3 Å². The van der Waals surface area contributed by atoms with Crippen LogP contribution in [-0.2, 0) is 23.2 Å². The van der Waals surface area contributed by atoms with Crippen molar-refractivity contribution in [2.45, 2.75) is 38.3 Å². The molecule has 0 aliphatic carbocycles. The van der Waals surface area contributed by atoms with Crippen LogP contribution in [0.4, 0.5) is 8.78 Å². The van der Waals surface area contributed by atoms with Crippen LogP contribution in [0.15, 0.2) is 53.3 Å². The molecule has 1 atom stereocenters. The third kappa shape index (κ3) is 4.05. The summed E-state index contributed by atoms with van der Waals surface area (Å²) in [5.74, 6) is -1.97. The molecule has 1 aliphatic rings. The van der Waals surface area contributed by atoms with Crippen molar-refractivity contribution < 1.29 is 18.7 Å². The van der Waals surface area contributed by atoms with Crippen LogP contribution in [0.1, 0.15) is 48.2 Å². The normalized spacial score (nSPS) is 14.7. The first-order valence-electron chi connectivity index (χ1n) is 10.3. The summed E-state index contributed by atoms with van der Waals surface area (Å²) >= 11 is 0. The molecule has 2 aromatic carbocycles. The number of aromatic nitrogens is 2. The number of H-pyrrole nitrogens is 1. The van der Waals surface area contributed by atoms with Crippen LogP contribution in [0.2, 0.25) is 0 Å². The van der Waals surface area contributed by atoms with Crippen LogP contribution >= 0.6 is 0 Å². The first-order valence-corrected chi connectivity index (χ1v) is 10.3. The molecule has 0 saturated heterocycles. The Balaban J connectivity index is 1.59.